The van der Waals surface area contributed by atoms with Crippen LogP contribution in [0.1, 0.15) is 47.0 Å². The third-order valence-corrected chi connectivity index (χ3v) is 3.16. The van der Waals surface area contributed by atoms with Crippen molar-refractivity contribution >= 4 is 5.91 Å². The van der Waals surface area contributed by atoms with E-state index in [0.29, 0.717) is 31.8 Å². The van der Waals surface area contributed by atoms with Gasteiger partial charge in [0.25, 0.3) is 0 Å². The van der Waals surface area contributed by atoms with Crippen molar-refractivity contribution in [1.82, 2.24) is 5.32 Å². The SMILES string of the molecule is CC(C)CC(CN)CC(=O)NCC(C)(C)CCO. The molecule has 0 aliphatic carbocycles. The number of nitrogens with one attached hydrogen (secondary N) is 1. The van der Waals surface area contributed by atoms with Gasteiger partial charge < -0.3 is 16.2 Å². The Morgan fingerprint density at radius 3 is 2.44 bits per heavy atom. The van der Waals surface area contributed by atoms with Gasteiger partial charge in [0.05, 0.1) is 0 Å². The summed E-state index contributed by atoms with van der Waals surface area (Å²) in [5, 5.41) is 11.9. The fourth-order valence-corrected chi connectivity index (χ4v) is 1.99. The second-order valence-corrected chi connectivity index (χ2v) is 6.35. The highest BCUT2D eigenvalue weighted by atomic mass is 16.3. The summed E-state index contributed by atoms with van der Waals surface area (Å²) in [4.78, 5) is 11.8. The Hall–Kier alpha value is -0.610. The Bertz CT molecular complexity index is 240. The van der Waals surface area contributed by atoms with Crippen LogP contribution in [0.3, 0.4) is 0 Å². The van der Waals surface area contributed by atoms with Crippen LogP contribution >= 0.6 is 0 Å². The first-order valence-electron chi connectivity index (χ1n) is 6.88. The van der Waals surface area contributed by atoms with Crippen LogP contribution in [0.25, 0.3) is 0 Å². The molecule has 0 aromatic heterocycles. The van der Waals surface area contributed by atoms with Gasteiger partial charge in [0, 0.05) is 19.6 Å². The molecule has 1 atom stereocenters. The zero-order chi connectivity index (χ0) is 14.2. The smallest absolute Gasteiger partial charge is 0.220 e. The van der Waals surface area contributed by atoms with Crippen LogP contribution < -0.4 is 11.1 Å². The number of carbonyl (C=O) groups is 1. The molecule has 0 aromatic carbocycles. The fraction of sp³-hybridized carbons (Fsp3) is 0.929. The molecule has 0 bridgehead atoms. The van der Waals surface area contributed by atoms with Gasteiger partial charge in [-0.05, 0) is 36.6 Å². The molecule has 4 heteroatoms. The molecule has 0 saturated carbocycles. The molecule has 0 fully saturated rings. The molecule has 1 amide bonds. The van der Waals surface area contributed by atoms with Crippen LogP contribution in [0, 0.1) is 17.3 Å². The number of rotatable bonds is 9. The summed E-state index contributed by atoms with van der Waals surface area (Å²) in [6.45, 7) is 9.69. The lowest BCUT2D eigenvalue weighted by Gasteiger charge is -2.24. The summed E-state index contributed by atoms with van der Waals surface area (Å²) in [6.07, 6.45) is 2.19. The van der Waals surface area contributed by atoms with Crippen molar-refractivity contribution in [2.75, 3.05) is 19.7 Å². The fourth-order valence-electron chi connectivity index (χ4n) is 1.99. The first-order chi connectivity index (χ1) is 8.30. The van der Waals surface area contributed by atoms with Crippen LogP contribution in [-0.4, -0.2) is 30.7 Å². The minimum absolute atomic E-state index is 0.0549. The summed E-state index contributed by atoms with van der Waals surface area (Å²) in [6, 6.07) is 0. The predicted octanol–water partition coefficient (Wildman–Crippen LogP) is 1.52. The third kappa shape index (κ3) is 8.48. The number of aliphatic hydroxyl groups is 1. The number of aliphatic hydroxyl groups excluding tert-OH is 1. The molecule has 0 radical (unpaired) electrons. The normalized spacial score (nSPS) is 13.7. The molecule has 18 heavy (non-hydrogen) atoms. The highest BCUT2D eigenvalue weighted by Crippen LogP contribution is 2.18. The first kappa shape index (κ1) is 17.4. The van der Waals surface area contributed by atoms with Gasteiger partial charge in [-0.15, -0.1) is 0 Å². The van der Waals surface area contributed by atoms with Gasteiger partial charge in [0.1, 0.15) is 0 Å². The van der Waals surface area contributed by atoms with Gasteiger partial charge in [-0.25, -0.2) is 0 Å². The van der Waals surface area contributed by atoms with E-state index in [2.05, 4.69) is 19.2 Å². The highest BCUT2D eigenvalue weighted by Gasteiger charge is 2.19. The molecule has 1 unspecified atom stereocenters. The number of hydrogen-bond donors (Lipinski definition) is 3. The van der Waals surface area contributed by atoms with Gasteiger partial charge in [-0.3, -0.25) is 4.79 Å². The molecule has 0 aromatic rings. The van der Waals surface area contributed by atoms with Crippen molar-refractivity contribution in [2.24, 2.45) is 23.0 Å². The Morgan fingerprint density at radius 2 is 2.00 bits per heavy atom. The van der Waals surface area contributed by atoms with E-state index in [9.17, 15) is 4.79 Å². The Morgan fingerprint density at radius 1 is 1.39 bits per heavy atom. The van der Waals surface area contributed by atoms with Gasteiger partial charge in [-0.2, -0.15) is 0 Å². The monoisotopic (exact) mass is 258 g/mol. The van der Waals surface area contributed by atoms with Gasteiger partial charge in [0.2, 0.25) is 5.91 Å². The summed E-state index contributed by atoms with van der Waals surface area (Å²) >= 11 is 0. The number of amides is 1. The summed E-state index contributed by atoms with van der Waals surface area (Å²) < 4.78 is 0. The van der Waals surface area contributed by atoms with E-state index in [1.54, 1.807) is 0 Å². The zero-order valence-corrected chi connectivity index (χ0v) is 12.3. The second kappa shape index (κ2) is 8.48. The van der Waals surface area contributed by atoms with Crippen LogP contribution in [0.15, 0.2) is 0 Å². The van der Waals surface area contributed by atoms with Crippen molar-refractivity contribution in [2.45, 2.75) is 47.0 Å². The molecular formula is C14H30N2O2. The molecule has 4 N–H and O–H groups in total. The van der Waals surface area contributed by atoms with E-state index in [1.165, 1.54) is 0 Å². The average Bonchev–Trinajstić information content (AvgIpc) is 2.25. The maximum absolute atomic E-state index is 11.8. The molecule has 0 aliphatic heterocycles. The topological polar surface area (TPSA) is 75.4 Å². The molecule has 0 aliphatic rings. The largest absolute Gasteiger partial charge is 0.396 e. The first-order valence-corrected chi connectivity index (χ1v) is 6.88. The van der Waals surface area contributed by atoms with E-state index < -0.39 is 0 Å². The minimum atomic E-state index is -0.0549. The van der Waals surface area contributed by atoms with E-state index in [0.717, 1.165) is 6.42 Å². The lowest BCUT2D eigenvalue weighted by Crippen LogP contribution is -2.36. The highest BCUT2D eigenvalue weighted by molar-refractivity contribution is 5.76. The Balaban J connectivity index is 4.02. The molecular weight excluding hydrogens is 228 g/mol. The summed E-state index contributed by atoms with van der Waals surface area (Å²) in [5.41, 5.74) is 5.63. The summed E-state index contributed by atoms with van der Waals surface area (Å²) in [5.74, 6) is 0.903. The number of carbonyl (C=O) groups excluding carboxylic acids is 1. The number of hydrogen-bond acceptors (Lipinski definition) is 3. The Kier molecular flexibility index (Phi) is 8.20. The van der Waals surface area contributed by atoms with Crippen LogP contribution in [0.2, 0.25) is 0 Å². The summed E-state index contributed by atoms with van der Waals surface area (Å²) in [7, 11) is 0. The van der Waals surface area contributed by atoms with Crippen molar-refractivity contribution in [3.63, 3.8) is 0 Å². The van der Waals surface area contributed by atoms with Gasteiger partial charge in [-0.1, -0.05) is 27.7 Å². The van der Waals surface area contributed by atoms with Gasteiger partial charge >= 0.3 is 0 Å². The second-order valence-electron chi connectivity index (χ2n) is 6.35. The zero-order valence-electron chi connectivity index (χ0n) is 12.3. The van der Waals surface area contributed by atoms with E-state index >= 15 is 0 Å². The van der Waals surface area contributed by atoms with Gasteiger partial charge in [0.15, 0.2) is 0 Å². The maximum Gasteiger partial charge on any atom is 0.220 e. The predicted molar refractivity (Wildman–Crippen MR) is 75.1 cm³/mol. The van der Waals surface area contributed by atoms with E-state index in [1.807, 2.05) is 13.8 Å². The average molecular weight is 258 g/mol. The molecule has 0 heterocycles. The van der Waals surface area contributed by atoms with Crippen LogP contribution in [-0.2, 0) is 4.79 Å². The molecule has 4 nitrogen and oxygen atoms in total. The number of nitrogens with two attached hydrogens (primary N) is 1. The van der Waals surface area contributed by atoms with E-state index in [-0.39, 0.29) is 23.8 Å². The van der Waals surface area contributed by atoms with Crippen molar-refractivity contribution in [3.8, 4) is 0 Å². The van der Waals surface area contributed by atoms with E-state index in [4.69, 9.17) is 10.8 Å². The third-order valence-electron chi connectivity index (χ3n) is 3.16. The minimum Gasteiger partial charge on any atom is -0.396 e. The lowest BCUT2D eigenvalue weighted by molar-refractivity contribution is -0.122. The molecule has 0 rings (SSSR count). The Labute approximate surface area is 111 Å². The molecule has 108 valence electrons. The molecule has 0 spiro atoms. The van der Waals surface area contributed by atoms with Crippen molar-refractivity contribution in [1.29, 1.82) is 0 Å². The maximum atomic E-state index is 11.8. The van der Waals surface area contributed by atoms with Crippen molar-refractivity contribution in [3.05, 3.63) is 0 Å². The quantitative estimate of drug-likeness (QED) is 0.587. The molecule has 0 saturated heterocycles. The van der Waals surface area contributed by atoms with Crippen LogP contribution in [0.4, 0.5) is 0 Å². The standard InChI is InChI=1S/C14H30N2O2/c1-11(2)7-12(9-15)8-13(18)16-10-14(3,4)5-6-17/h11-12,17H,5-10,15H2,1-4H3,(H,16,18). The van der Waals surface area contributed by atoms with Crippen LogP contribution in [0.5, 0.6) is 0 Å². The lowest BCUT2D eigenvalue weighted by atomic mass is 9.89. The van der Waals surface area contributed by atoms with Crippen molar-refractivity contribution < 1.29 is 9.90 Å².